The molecule has 1 aromatic rings. The molecular weight excluding hydrogens is 202 g/mol. The molecule has 0 aliphatic rings. The Kier molecular flexibility index (Phi) is 4.35. The zero-order chi connectivity index (χ0) is 12.1. The molecular formula is C13H19NO2. The number of carbonyl (C=O) groups excluding carboxylic acids is 1. The number of amides is 1. The van der Waals surface area contributed by atoms with Gasteiger partial charge in [0.2, 0.25) is 0 Å². The van der Waals surface area contributed by atoms with Gasteiger partial charge in [-0.25, -0.2) is 0 Å². The van der Waals surface area contributed by atoms with Crippen molar-refractivity contribution in [1.82, 2.24) is 4.90 Å². The molecule has 0 saturated carbocycles. The zero-order valence-corrected chi connectivity index (χ0v) is 10.1. The van der Waals surface area contributed by atoms with Gasteiger partial charge in [-0.1, -0.05) is 6.92 Å². The third-order valence-corrected chi connectivity index (χ3v) is 2.46. The van der Waals surface area contributed by atoms with Crippen LogP contribution in [0.2, 0.25) is 0 Å². The number of benzene rings is 1. The summed E-state index contributed by atoms with van der Waals surface area (Å²) in [7, 11) is 0. The van der Waals surface area contributed by atoms with Crippen molar-refractivity contribution in [3.8, 4) is 5.75 Å². The van der Waals surface area contributed by atoms with Crippen LogP contribution in [-0.4, -0.2) is 28.5 Å². The molecule has 0 radical (unpaired) electrons. The number of rotatable bonds is 4. The lowest BCUT2D eigenvalue weighted by Gasteiger charge is -2.26. The Morgan fingerprint density at radius 1 is 1.31 bits per heavy atom. The Bertz CT molecular complexity index is 343. The van der Waals surface area contributed by atoms with Crippen LogP contribution < -0.4 is 0 Å². The minimum atomic E-state index is 0.0249. The van der Waals surface area contributed by atoms with Gasteiger partial charge in [0, 0.05) is 18.2 Å². The smallest absolute Gasteiger partial charge is 0.254 e. The van der Waals surface area contributed by atoms with Gasteiger partial charge in [0.25, 0.3) is 5.91 Å². The molecule has 1 amide bonds. The van der Waals surface area contributed by atoms with E-state index >= 15 is 0 Å². The Morgan fingerprint density at radius 2 is 1.88 bits per heavy atom. The molecule has 0 atom stereocenters. The van der Waals surface area contributed by atoms with E-state index < -0.39 is 0 Å². The molecule has 0 unspecified atom stereocenters. The molecule has 3 nitrogen and oxygen atoms in total. The number of carbonyl (C=O) groups is 1. The molecule has 1 N–H and O–H groups in total. The summed E-state index contributed by atoms with van der Waals surface area (Å²) in [6.45, 7) is 6.83. The Labute approximate surface area is 96.7 Å². The molecule has 1 aromatic carbocycles. The molecule has 0 aromatic heterocycles. The summed E-state index contributed by atoms with van der Waals surface area (Å²) in [5, 5.41) is 9.16. The van der Waals surface area contributed by atoms with Crippen molar-refractivity contribution in [2.24, 2.45) is 0 Å². The summed E-state index contributed by atoms with van der Waals surface area (Å²) < 4.78 is 0. The van der Waals surface area contributed by atoms with Crippen LogP contribution in [0.25, 0.3) is 0 Å². The summed E-state index contributed by atoms with van der Waals surface area (Å²) >= 11 is 0. The van der Waals surface area contributed by atoms with Crippen LogP contribution in [0.3, 0.4) is 0 Å². The quantitative estimate of drug-likeness (QED) is 0.849. The van der Waals surface area contributed by atoms with Crippen LogP contribution in [0.4, 0.5) is 0 Å². The van der Waals surface area contributed by atoms with Crippen molar-refractivity contribution in [2.75, 3.05) is 6.54 Å². The third-order valence-electron chi connectivity index (χ3n) is 2.46. The van der Waals surface area contributed by atoms with E-state index in [1.807, 2.05) is 18.7 Å². The lowest BCUT2D eigenvalue weighted by Crippen LogP contribution is -2.37. The molecule has 0 aliphatic carbocycles. The lowest BCUT2D eigenvalue weighted by molar-refractivity contribution is 0.0706. The van der Waals surface area contributed by atoms with Gasteiger partial charge in [-0.3, -0.25) is 4.79 Å². The summed E-state index contributed by atoms with van der Waals surface area (Å²) in [5.74, 6) is 0.208. The van der Waals surface area contributed by atoms with Crippen molar-refractivity contribution in [3.05, 3.63) is 29.8 Å². The molecule has 0 heterocycles. The highest BCUT2D eigenvalue weighted by molar-refractivity contribution is 5.94. The molecule has 0 spiro atoms. The van der Waals surface area contributed by atoms with E-state index in [0.29, 0.717) is 5.56 Å². The van der Waals surface area contributed by atoms with E-state index in [0.717, 1.165) is 13.0 Å². The van der Waals surface area contributed by atoms with Crippen molar-refractivity contribution in [1.29, 1.82) is 0 Å². The van der Waals surface area contributed by atoms with E-state index in [9.17, 15) is 4.79 Å². The molecule has 3 heteroatoms. The van der Waals surface area contributed by atoms with E-state index in [1.165, 1.54) is 12.1 Å². The highest BCUT2D eigenvalue weighted by Crippen LogP contribution is 2.13. The normalized spacial score (nSPS) is 10.5. The average Bonchev–Trinajstić information content (AvgIpc) is 2.25. The average molecular weight is 221 g/mol. The van der Waals surface area contributed by atoms with Crippen LogP contribution in [0.5, 0.6) is 5.75 Å². The summed E-state index contributed by atoms with van der Waals surface area (Å²) in [5.41, 5.74) is 0.625. The number of hydrogen-bond donors (Lipinski definition) is 1. The Balaban J connectivity index is 2.86. The first kappa shape index (κ1) is 12.6. The molecule has 0 saturated heterocycles. The fraction of sp³-hybridized carbons (Fsp3) is 0.462. The summed E-state index contributed by atoms with van der Waals surface area (Å²) in [4.78, 5) is 14.0. The number of aromatic hydroxyl groups is 1. The maximum Gasteiger partial charge on any atom is 0.254 e. The Hall–Kier alpha value is -1.51. The van der Waals surface area contributed by atoms with Gasteiger partial charge < -0.3 is 10.0 Å². The van der Waals surface area contributed by atoms with Gasteiger partial charge in [0.15, 0.2) is 0 Å². The van der Waals surface area contributed by atoms with Gasteiger partial charge >= 0.3 is 0 Å². The first-order valence-corrected chi connectivity index (χ1v) is 5.66. The minimum absolute atomic E-state index is 0.0249. The summed E-state index contributed by atoms with van der Waals surface area (Å²) in [6.07, 6.45) is 0.946. The number of nitrogens with zero attached hydrogens (tertiary/aromatic N) is 1. The predicted molar refractivity (Wildman–Crippen MR) is 64.6 cm³/mol. The topological polar surface area (TPSA) is 40.5 Å². The van der Waals surface area contributed by atoms with Crippen LogP contribution in [-0.2, 0) is 0 Å². The minimum Gasteiger partial charge on any atom is -0.508 e. The van der Waals surface area contributed by atoms with Gasteiger partial charge in [-0.2, -0.15) is 0 Å². The van der Waals surface area contributed by atoms with Gasteiger partial charge in [0.1, 0.15) is 5.75 Å². The van der Waals surface area contributed by atoms with Gasteiger partial charge in [-0.15, -0.1) is 0 Å². The predicted octanol–water partition coefficient (Wildman–Crippen LogP) is 2.65. The first-order valence-electron chi connectivity index (χ1n) is 5.66. The standard InChI is InChI=1S/C13H19NO2/c1-4-9-14(10(2)3)13(16)11-5-7-12(15)8-6-11/h5-8,10,15H,4,9H2,1-3H3. The number of phenolic OH excluding ortho intramolecular Hbond substituents is 1. The van der Waals surface area contributed by atoms with Crippen LogP contribution >= 0.6 is 0 Å². The lowest BCUT2D eigenvalue weighted by atomic mass is 10.1. The Morgan fingerprint density at radius 3 is 2.31 bits per heavy atom. The van der Waals surface area contributed by atoms with Crippen molar-refractivity contribution in [2.45, 2.75) is 33.2 Å². The first-order chi connectivity index (χ1) is 7.56. The molecule has 0 fully saturated rings. The second kappa shape index (κ2) is 5.54. The van der Waals surface area contributed by atoms with Crippen LogP contribution in [0.15, 0.2) is 24.3 Å². The SMILES string of the molecule is CCCN(C(=O)c1ccc(O)cc1)C(C)C. The summed E-state index contributed by atoms with van der Waals surface area (Å²) in [6, 6.07) is 6.59. The van der Waals surface area contributed by atoms with E-state index in [4.69, 9.17) is 5.11 Å². The van der Waals surface area contributed by atoms with E-state index in [2.05, 4.69) is 6.92 Å². The maximum absolute atomic E-state index is 12.1. The number of hydrogen-bond acceptors (Lipinski definition) is 2. The maximum atomic E-state index is 12.1. The molecule has 0 bridgehead atoms. The number of phenols is 1. The molecule has 1 rings (SSSR count). The molecule has 16 heavy (non-hydrogen) atoms. The van der Waals surface area contributed by atoms with Crippen LogP contribution in [0.1, 0.15) is 37.6 Å². The second-order valence-electron chi connectivity index (χ2n) is 4.14. The second-order valence-corrected chi connectivity index (χ2v) is 4.14. The van der Waals surface area contributed by atoms with Gasteiger partial charge in [-0.05, 0) is 44.5 Å². The largest absolute Gasteiger partial charge is 0.508 e. The fourth-order valence-electron chi connectivity index (χ4n) is 1.60. The molecule has 0 aliphatic heterocycles. The fourth-order valence-corrected chi connectivity index (χ4v) is 1.60. The van der Waals surface area contributed by atoms with Crippen molar-refractivity contribution in [3.63, 3.8) is 0 Å². The van der Waals surface area contributed by atoms with Crippen molar-refractivity contribution < 1.29 is 9.90 Å². The third kappa shape index (κ3) is 2.99. The zero-order valence-electron chi connectivity index (χ0n) is 10.1. The highest BCUT2D eigenvalue weighted by atomic mass is 16.3. The molecule has 88 valence electrons. The van der Waals surface area contributed by atoms with Crippen LogP contribution in [0, 0.1) is 0 Å². The van der Waals surface area contributed by atoms with E-state index in [1.54, 1.807) is 12.1 Å². The van der Waals surface area contributed by atoms with Gasteiger partial charge in [0.05, 0.1) is 0 Å². The van der Waals surface area contributed by atoms with Crippen molar-refractivity contribution >= 4 is 5.91 Å². The highest BCUT2D eigenvalue weighted by Gasteiger charge is 2.17. The van der Waals surface area contributed by atoms with E-state index in [-0.39, 0.29) is 17.7 Å². The monoisotopic (exact) mass is 221 g/mol.